The molecule has 0 saturated carbocycles. The number of halogens is 1. The molecule has 27 heavy (non-hydrogen) atoms. The fourth-order valence-electron chi connectivity index (χ4n) is 1.12. The Morgan fingerprint density at radius 2 is 1.37 bits per heavy atom. The zero-order valence-corrected chi connectivity index (χ0v) is 17.5. The van der Waals surface area contributed by atoms with Crippen LogP contribution < -0.4 is 11.1 Å². The van der Waals surface area contributed by atoms with E-state index < -0.39 is 0 Å². The Hall–Kier alpha value is -2.47. The molecule has 3 N–H and O–H groups in total. The van der Waals surface area contributed by atoms with E-state index in [-0.39, 0.29) is 22.0 Å². The van der Waals surface area contributed by atoms with Crippen LogP contribution in [0.5, 0.6) is 0 Å². The number of nitrogens with two attached hydrogens (primary N) is 1. The topological polar surface area (TPSA) is 98.0 Å². The van der Waals surface area contributed by atoms with E-state index in [9.17, 15) is 9.59 Å². The predicted octanol–water partition coefficient (Wildman–Crippen LogP) is 4.53. The lowest BCUT2D eigenvalue weighted by Gasteiger charge is -2.16. The van der Waals surface area contributed by atoms with E-state index in [1.165, 1.54) is 0 Å². The van der Waals surface area contributed by atoms with Gasteiger partial charge in [-0.05, 0) is 35.9 Å². The number of hydrogen-bond donors (Lipinski definition) is 2. The van der Waals surface area contributed by atoms with Gasteiger partial charge in [-0.25, -0.2) is 9.97 Å². The lowest BCUT2D eigenvalue weighted by molar-refractivity contribution is -0.123. The average molecular weight is 393 g/mol. The van der Waals surface area contributed by atoms with E-state index in [2.05, 4.69) is 15.3 Å². The minimum absolute atomic E-state index is 0.0220. The van der Waals surface area contributed by atoms with Gasteiger partial charge in [0.25, 0.3) is 0 Å². The van der Waals surface area contributed by atoms with Gasteiger partial charge in [-0.2, -0.15) is 0 Å². The molecule has 0 bridgehead atoms. The van der Waals surface area contributed by atoms with Gasteiger partial charge in [0.05, 0.1) is 0 Å². The van der Waals surface area contributed by atoms with Crippen LogP contribution in [0.4, 0.5) is 11.6 Å². The fraction of sp³-hybridized carbons (Fsp3) is 0.400. The minimum atomic E-state index is -0.377. The fourth-order valence-corrected chi connectivity index (χ4v) is 1.12. The molecule has 2 rings (SSSR count). The van der Waals surface area contributed by atoms with Crippen molar-refractivity contribution in [3.63, 3.8) is 0 Å². The monoisotopic (exact) mass is 392 g/mol. The summed E-state index contributed by atoms with van der Waals surface area (Å²) in [6.45, 7) is 10.9. The number of carbonyl (C=O) groups excluding carboxylic acids is 2. The second-order valence-electron chi connectivity index (χ2n) is 7.70. The molecule has 148 valence electrons. The van der Waals surface area contributed by atoms with Crippen molar-refractivity contribution >= 4 is 34.4 Å². The van der Waals surface area contributed by atoms with Crippen molar-refractivity contribution in [2.45, 2.75) is 41.5 Å². The van der Waals surface area contributed by atoms with Crippen LogP contribution in [0.25, 0.3) is 0 Å². The third-order valence-electron chi connectivity index (χ3n) is 2.87. The number of amides is 1. The molecular weight excluding hydrogens is 364 g/mol. The van der Waals surface area contributed by atoms with Gasteiger partial charge in [0.1, 0.15) is 11.6 Å². The van der Waals surface area contributed by atoms with E-state index >= 15 is 0 Å². The third-order valence-corrected chi connectivity index (χ3v) is 3.43. The molecule has 0 aliphatic heterocycles. The lowest BCUT2D eigenvalue weighted by Crippen LogP contribution is -2.27. The number of nitrogen functional groups attached to an aromatic ring is 1. The molecule has 7 heteroatoms. The van der Waals surface area contributed by atoms with Crippen molar-refractivity contribution in [2.24, 2.45) is 10.8 Å². The second kappa shape index (κ2) is 11.3. The van der Waals surface area contributed by atoms with Crippen LogP contribution in [0.3, 0.4) is 0 Å². The van der Waals surface area contributed by atoms with E-state index in [0.717, 1.165) is 0 Å². The number of hydrogen-bond acceptors (Lipinski definition) is 5. The summed E-state index contributed by atoms with van der Waals surface area (Å²) in [7, 11) is 0. The van der Waals surface area contributed by atoms with Gasteiger partial charge in [0, 0.05) is 23.2 Å². The number of rotatable bonds is 1. The zero-order valence-electron chi connectivity index (χ0n) is 16.8. The zero-order chi connectivity index (χ0) is 21.1. The van der Waals surface area contributed by atoms with Crippen LogP contribution in [0.2, 0.25) is 0 Å². The molecule has 6 nitrogen and oxygen atoms in total. The summed E-state index contributed by atoms with van der Waals surface area (Å²) in [6.07, 6.45) is 3.31. The van der Waals surface area contributed by atoms with E-state index in [1.807, 2.05) is 45.0 Å². The van der Waals surface area contributed by atoms with Crippen LogP contribution in [0.1, 0.15) is 41.5 Å². The van der Waals surface area contributed by atoms with Crippen molar-refractivity contribution < 1.29 is 9.59 Å². The maximum Gasteiger partial charge on any atom is 0.230 e. The largest absolute Gasteiger partial charge is 0.384 e. The Bertz CT molecular complexity index is 693. The number of anilines is 2. The van der Waals surface area contributed by atoms with Gasteiger partial charge in [-0.3, -0.25) is 9.59 Å². The second-order valence-corrected chi connectivity index (χ2v) is 8.04. The first-order valence-corrected chi connectivity index (χ1v) is 8.80. The summed E-state index contributed by atoms with van der Waals surface area (Å²) in [5.74, 6) is 1.15. The summed E-state index contributed by atoms with van der Waals surface area (Å²) in [4.78, 5) is 29.5. The molecule has 0 aliphatic rings. The highest BCUT2D eigenvalue weighted by Crippen LogP contribution is 2.16. The molecule has 2 aromatic rings. The molecule has 0 atom stereocenters. The Balaban J connectivity index is 0.000000410. The van der Waals surface area contributed by atoms with Crippen LogP contribution >= 0.6 is 11.6 Å². The number of nitrogens with one attached hydrogen (secondary N) is 1. The first-order valence-electron chi connectivity index (χ1n) is 8.43. The first kappa shape index (κ1) is 24.5. The summed E-state index contributed by atoms with van der Waals surface area (Å²) >= 11 is 5.11. The Kier molecular flexibility index (Phi) is 10.3. The minimum Gasteiger partial charge on any atom is -0.384 e. The smallest absolute Gasteiger partial charge is 0.230 e. The molecular formula is C20H29ClN4O2. The summed E-state index contributed by atoms with van der Waals surface area (Å²) in [5.41, 5.74) is 4.50. The molecule has 0 unspecified atom stereocenters. The van der Waals surface area contributed by atoms with Crippen LogP contribution in [-0.2, 0) is 9.59 Å². The van der Waals surface area contributed by atoms with E-state index in [0.29, 0.717) is 11.6 Å². The summed E-state index contributed by atoms with van der Waals surface area (Å²) in [5, 5.41) is 2.45. The maximum absolute atomic E-state index is 11.5. The molecule has 2 heterocycles. The third kappa shape index (κ3) is 12.5. The standard InChI is InChI=1S/C10H14N2O.C5H9ClO.C5H6N2/c1-10(2,3)9(13)12-8-6-4-5-7-11-8;1-5(2,3)4(6)7;6-5-3-1-2-4-7-5/h4-7H,1-3H3,(H,11,12,13);1-3H3;1-4H,(H2,6,7). The normalized spacial score (nSPS) is 10.5. The highest BCUT2D eigenvalue weighted by molar-refractivity contribution is 6.64. The van der Waals surface area contributed by atoms with Gasteiger partial charge in [0.2, 0.25) is 11.1 Å². The molecule has 1 amide bonds. The van der Waals surface area contributed by atoms with Gasteiger partial charge in [0.15, 0.2) is 0 Å². The highest BCUT2D eigenvalue weighted by atomic mass is 35.5. The van der Waals surface area contributed by atoms with Crippen molar-refractivity contribution in [1.29, 1.82) is 0 Å². The Labute approximate surface area is 166 Å². The number of aromatic nitrogens is 2. The Morgan fingerprint density at radius 1 is 0.889 bits per heavy atom. The molecule has 0 aromatic carbocycles. The van der Waals surface area contributed by atoms with Crippen LogP contribution in [-0.4, -0.2) is 21.1 Å². The van der Waals surface area contributed by atoms with E-state index in [1.54, 1.807) is 45.3 Å². The quantitative estimate of drug-likeness (QED) is 0.695. The van der Waals surface area contributed by atoms with Crippen LogP contribution in [0.15, 0.2) is 48.8 Å². The first-order chi connectivity index (χ1) is 12.3. The van der Waals surface area contributed by atoms with Gasteiger partial charge in [-0.1, -0.05) is 53.7 Å². The van der Waals surface area contributed by atoms with Gasteiger partial charge >= 0.3 is 0 Å². The lowest BCUT2D eigenvalue weighted by atomic mass is 9.96. The molecule has 0 radical (unpaired) electrons. The van der Waals surface area contributed by atoms with Crippen molar-refractivity contribution in [3.05, 3.63) is 48.8 Å². The Morgan fingerprint density at radius 3 is 1.63 bits per heavy atom. The molecule has 0 fully saturated rings. The number of nitrogens with zero attached hydrogens (tertiary/aromatic N) is 2. The summed E-state index contributed by atoms with van der Waals surface area (Å²) in [6, 6.07) is 10.8. The van der Waals surface area contributed by atoms with Crippen LogP contribution in [0, 0.1) is 10.8 Å². The van der Waals surface area contributed by atoms with Gasteiger partial charge < -0.3 is 11.1 Å². The molecule has 0 aliphatic carbocycles. The molecule has 0 saturated heterocycles. The van der Waals surface area contributed by atoms with Crippen molar-refractivity contribution in [2.75, 3.05) is 11.1 Å². The van der Waals surface area contributed by atoms with E-state index in [4.69, 9.17) is 17.3 Å². The van der Waals surface area contributed by atoms with Crippen molar-refractivity contribution in [1.82, 2.24) is 9.97 Å². The van der Waals surface area contributed by atoms with Crippen molar-refractivity contribution in [3.8, 4) is 0 Å². The average Bonchev–Trinajstić information content (AvgIpc) is 2.56. The highest BCUT2D eigenvalue weighted by Gasteiger charge is 2.21. The maximum atomic E-state index is 11.5. The molecule has 0 spiro atoms. The molecule has 2 aromatic heterocycles. The number of carbonyl (C=O) groups is 2. The SMILES string of the molecule is CC(C)(C)C(=O)Cl.CC(C)(C)C(=O)Nc1ccccn1.Nc1ccccn1. The number of pyridine rings is 2. The summed E-state index contributed by atoms with van der Waals surface area (Å²) < 4.78 is 0. The van der Waals surface area contributed by atoms with Gasteiger partial charge in [-0.15, -0.1) is 0 Å². The predicted molar refractivity (Wildman–Crippen MR) is 111 cm³/mol.